The molecule has 1 heterocycles. The van der Waals surface area contributed by atoms with Crippen molar-refractivity contribution >= 4 is 17.3 Å². The zero-order valence-corrected chi connectivity index (χ0v) is 11.6. The normalized spacial score (nSPS) is 22.6. The fourth-order valence-corrected chi connectivity index (χ4v) is 2.91. The van der Waals surface area contributed by atoms with Gasteiger partial charge in [0.2, 0.25) is 0 Å². The lowest BCUT2D eigenvalue weighted by molar-refractivity contribution is -0.384. The van der Waals surface area contributed by atoms with Gasteiger partial charge < -0.3 is 10.0 Å². The van der Waals surface area contributed by atoms with Gasteiger partial charge in [0.1, 0.15) is 6.04 Å². The Hall–Kier alpha value is -2.11. The van der Waals surface area contributed by atoms with E-state index in [1.807, 2.05) is 11.8 Å². The third kappa shape index (κ3) is 2.59. The van der Waals surface area contributed by atoms with Crippen molar-refractivity contribution in [3.8, 4) is 0 Å². The number of piperidine rings is 1. The summed E-state index contributed by atoms with van der Waals surface area (Å²) in [6.07, 6.45) is 1.82. The Morgan fingerprint density at radius 2 is 2.20 bits per heavy atom. The minimum Gasteiger partial charge on any atom is -0.480 e. The molecule has 0 aromatic heterocycles. The first-order chi connectivity index (χ1) is 9.41. The van der Waals surface area contributed by atoms with Crippen LogP contribution >= 0.6 is 0 Å². The van der Waals surface area contributed by atoms with Crippen LogP contribution in [-0.4, -0.2) is 28.6 Å². The van der Waals surface area contributed by atoms with E-state index in [1.54, 1.807) is 13.0 Å². The molecule has 0 aliphatic carbocycles. The first kappa shape index (κ1) is 14.3. The van der Waals surface area contributed by atoms with Crippen molar-refractivity contribution in [3.05, 3.63) is 33.9 Å². The molecule has 20 heavy (non-hydrogen) atoms. The molecule has 1 aromatic carbocycles. The zero-order valence-electron chi connectivity index (χ0n) is 11.6. The van der Waals surface area contributed by atoms with E-state index < -0.39 is 16.9 Å². The van der Waals surface area contributed by atoms with Crippen molar-refractivity contribution in [2.24, 2.45) is 5.92 Å². The summed E-state index contributed by atoms with van der Waals surface area (Å²) < 4.78 is 0. The number of rotatable bonds is 3. The number of non-ortho nitro benzene ring substituents is 1. The van der Waals surface area contributed by atoms with Gasteiger partial charge in [0, 0.05) is 24.4 Å². The van der Waals surface area contributed by atoms with Crippen molar-refractivity contribution in [2.45, 2.75) is 32.7 Å². The number of hydrogen-bond donors (Lipinski definition) is 1. The van der Waals surface area contributed by atoms with Crippen molar-refractivity contribution in [1.29, 1.82) is 0 Å². The van der Waals surface area contributed by atoms with Crippen molar-refractivity contribution < 1.29 is 14.8 Å². The van der Waals surface area contributed by atoms with Crippen LogP contribution in [0.4, 0.5) is 11.4 Å². The molecule has 0 bridgehead atoms. The molecule has 1 fully saturated rings. The molecule has 108 valence electrons. The minimum absolute atomic E-state index is 0.0307. The predicted molar refractivity (Wildman–Crippen MR) is 75.0 cm³/mol. The van der Waals surface area contributed by atoms with Crippen LogP contribution in [-0.2, 0) is 4.79 Å². The van der Waals surface area contributed by atoms with E-state index in [1.165, 1.54) is 12.1 Å². The first-order valence-corrected chi connectivity index (χ1v) is 6.66. The van der Waals surface area contributed by atoms with Crippen LogP contribution in [0.15, 0.2) is 18.2 Å². The Bertz CT molecular complexity index is 544. The van der Waals surface area contributed by atoms with Gasteiger partial charge in [0.05, 0.1) is 4.92 Å². The summed E-state index contributed by atoms with van der Waals surface area (Å²) in [5.74, 6) is -0.772. The summed E-state index contributed by atoms with van der Waals surface area (Å²) in [7, 11) is 0. The van der Waals surface area contributed by atoms with E-state index in [4.69, 9.17) is 0 Å². The topological polar surface area (TPSA) is 83.7 Å². The molecule has 6 heteroatoms. The number of hydrogen-bond acceptors (Lipinski definition) is 4. The number of nitro benzene ring substituents is 1. The van der Waals surface area contributed by atoms with Gasteiger partial charge in [-0.3, -0.25) is 10.1 Å². The lowest BCUT2D eigenvalue weighted by atomic mass is 9.90. The largest absolute Gasteiger partial charge is 0.480 e. The number of carboxylic acids is 1. The van der Waals surface area contributed by atoms with E-state index >= 15 is 0 Å². The van der Waals surface area contributed by atoms with Crippen molar-refractivity contribution in [3.63, 3.8) is 0 Å². The van der Waals surface area contributed by atoms with Gasteiger partial charge in [0.15, 0.2) is 0 Å². The molecule has 0 spiro atoms. The molecule has 6 nitrogen and oxygen atoms in total. The second-order valence-electron chi connectivity index (χ2n) is 5.32. The Morgan fingerprint density at radius 1 is 1.50 bits per heavy atom. The van der Waals surface area contributed by atoms with E-state index in [2.05, 4.69) is 0 Å². The monoisotopic (exact) mass is 278 g/mol. The number of carbonyl (C=O) groups is 1. The maximum Gasteiger partial charge on any atom is 0.326 e. The molecule has 1 saturated heterocycles. The lowest BCUT2D eigenvalue weighted by Crippen LogP contribution is -2.49. The molecule has 1 aliphatic heterocycles. The van der Waals surface area contributed by atoms with Crippen LogP contribution in [0.3, 0.4) is 0 Å². The van der Waals surface area contributed by atoms with Crippen LogP contribution in [0, 0.1) is 23.0 Å². The van der Waals surface area contributed by atoms with Crippen LogP contribution in [0.2, 0.25) is 0 Å². The molecule has 0 amide bonds. The molecule has 1 aromatic rings. The first-order valence-electron chi connectivity index (χ1n) is 6.66. The maximum atomic E-state index is 11.5. The van der Waals surface area contributed by atoms with Crippen LogP contribution in [0.1, 0.15) is 25.3 Å². The molecular formula is C14H18N2O4. The SMILES string of the molecule is Cc1cc([N+](=O)[O-])ccc1N1CCCC(C)C1C(=O)O. The third-order valence-electron chi connectivity index (χ3n) is 3.89. The average molecular weight is 278 g/mol. The summed E-state index contributed by atoms with van der Waals surface area (Å²) in [5.41, 5.74) is 1.54. The summed E-state index contributed by atoms with van der Waals surface area (Å²) >= 11 is 0. The number of anilines is 1. The third-order valence-corrected chi connectivity index (χ3v) is 3.89. The van der Waals surface area contributed by atoms with Crippen LogP contribution in [0.5, 0.6) is 0 Å². The molecule has 0 saturated carbocycles. The van der Waals surface area contributed by atoms with Gasteiger partial charge in [-0.2, -0.15) is 0 Å². The summed E-state index contributed by atoms with van der Waals surface area (Å²) in [6.45, 7) is 4.38. The highest BCUT2D eigenvalue weighted by atomic mass is 16.6. The standard InChI is InChI=1S/C14H18N2O4/c1-9-4-3-7-15(13(9)14(17)18)12-6-5-11(16(19)20)8-10(12)2/h5-6,8-9,13H,3-4,7H2,1-2H3,(H,17,18). The number of benzene rings is 1. The van der Waals surface area contributed by atoms with Gasteiger partial charge >= 0.3 is 5.97 Å². The van der Waals surface area contributed by atoms with Gasteiger partial charge in [-0.05, 0) is 37.3 Å². The number of aryl methyl sites for hydroxylation is 1. The number of nitrogens with zero attached hydrogens (tertiary/aromatic N) is 2. The van der Waals surface area contributed by atoms with Crippen LogP contribution < -0.4 is 4.90 Å². The van der Waals surface area contributed by atoms with Crippen LogP contribution in [0.25, 0.3) is 0 Å². The Balaban J connectivity index is 2.38. The maximum absolute atomic E-state index is 11.5. The summed E-state index contributed by atoms with van der Waals surface area (Å²) in [4.78, 5) is 23.7. The quantitative estimate of drug-likeness (QED) is 0.678. The zero-order chi connectivity index (χ0) is 14.9. The van der Waals surface area contributed by atoms with Gasteiger partial charge in [0.25, 0.3) is 5.69 Å². The summed E-state index contributed by atoms with van der Waals surface area (Å²) in [6, 6.07) is 4.01. The Morgan fingerprint density at radius 3 is 2.75 bits per heavy atom. The molecule has 1 aliphatic rings. The molecule has 2 rings (SSSR count). The fourth-order valence-electron chi connectivity index (χ4n) is 2.91. The highest BCUT2D eigenvalue weighted by molar-refractivity contribution is 5.79. The highest BCUT2D eigenvalue weighted by Gasteiger charge is 2.35. The molecule has 2 atom stereocenters. The Labute approximate surface area is 117 Å². The highest BCUT2D eigenvalue weighted by Crippen LogP contribution is 2.32. The van der Waals surface area contributed by atoms with E-state index in [-0.39, 0.29) is 11.6 Å². The number of aliphatic carboxylic acids is 1. The number of nitro groups is 1. The van der Waals surface area contributed by atoms with E-state index in [0.29, 0.717) is 6.54 Å². The van der Waals surface area contributed by atoms with E-state index in [9.17, 15) is 20.0 Å². The molecular weight excluding hydrogens is 260 g/mol. The average Bonchev–Trinajstić information content (AvgIpc) is 2.37. The number of carboxylic acid groups (broad SMARTS) is 1. The minimum atomic E-state index is -0.838. The smallest absolute Gasteiger partial charge is 0.326 e. The Kier molecular flexibility index (Phi) is 3.92. The fraction of sp³-hybridized carbons (Fsp3) is 0.500. The van der Waals surface area contributed by atoms with Crippen molar-refractivity contribution in [2.75, 3.05) is 11.4 Å². The molecule has 2 unspecified atom stereocenters. The summed E-state index contributed by atoms with van der Waals surface area (Å²) in [5, 5.41) is 20.2. The second kappa shape index (κ2) is 5.48. The lowest BCUT2D eigenvalue weighted by Gasteiger charge is -2.39. The second-order valence-corrected chi connectivity index (χ2v) is 5.32. The molecule has 1 N–H and O–H groups in total. The van der Waals surface area contributed by atoms with Crippen molar-refractivity contribution in [1.82, 2.24) is 0 Å². The van der Waals surface area contributed by atoms with Gasteiger partial charge in [-0.15, -0.1) is 0 Å². The molecule has 0 radical (unpaired) electrons. The van der Waals surface area contributed by atoms with Gasteiger partial charge in [-0.1, -0.05) is 6.92 Å². The predicted octanol–water partition coefficient (Wildman–Crippen LogP) is 2.59. The van der Waals surface area contributed by atoms with E-state index in [0.717, 1.165) is 24.1 Å². The van der Waals surface area contributed by atoms with Gasteiger partial charge in [-0.25, -0.2) is 4.79 Å².